The number of fused-ring (bicyclic) bond motifs is 1. The number of benzene rings is 3. The molecule has 100 valence electrons. The van der Waals surface area contributed by atoms with Crippen LogP contribution in [0.15, 0.2) is 60.7 Å². The van der Waals surface area contributed by atoms with Crippen LogP contribution < -0.4 is 10.8 Å². The molecule has 0 spiro atoms. The molecule has 0 aliphatic carbocycles. The number of anilines is 1. The zero-order valence-electron chi connectivity index (χ0n) is 11.2. The lowest BCUT2D eigenvalue weighted by molar-refractivity contribution is 0.102. The van der Waals surface area contributed by atoms with Crippen LogP contribution in [0, 0.1) is 0 Å². The highest BCUT2D eigenvalue weighted by Gasteiger charge is 2.12. The molecule has 3 aromatic carbocycles. The highest BCUT2D eigenvalue weighted by atomic mass is 16.3. The minimum absolute atomic E-state index is 0.0401. The Hall–Kier alpha value is -2.75. The fourth-order valence-electron chi connectivity index (χ4n) is 2.18. The summed E-state index contributed by atoms with van der Waals surface area (Å²) >= 11 is 0. The Balaban J connectivity index is 1.93. The van der Waals surface area contributed by atoms with E-state index < -0.39 is 0 Å². The third-order valence-corrected chi connectivity index (χ3v) is 3.28. The van der Waals surface area contributed by atoms with Gasteiger partial charge in [0.2, 0.25) is 0 Å². The number of nitrogens with one attached hydrogen (secondary N) is 1. The smallest absolute Gasteiger partial charge is 0.259 e. The molecule has 0 unspecified atom stereocenters. The average Bonchev–Trinajstić information content (AvgIpc) is 2.49. The lowest BCUT2D eigenvalue weighted by atomic mass is 9.96. The summed E-state index contributed by atoms with van der Waals surface area (Å²) in [7, 11) is 5.60. The molecule has 4 heteroatoms. The van der Waals surface area contributed by atoms with E-state index in [0.717, 1.165) is 10.8 Å². The number of hydrogen-bond acceptors (Lipinski definition) is 2. The van der Waals surface area contributed by atoms with Crippen LogP contribution in [-0.2, 0) is 0 Å². The minimum Gasteiger partial charge on any atom is -0.507 e. The van der Waals surface area contributed by atoms with Gasteiger partial charge in [-0.3, -0.25) is 4.79 Å². The van der Waals surface area contributed by atoms with Crippen LogP contribution in [0.3, 0.4) is 0 Å². The molecule has 0 aliphatic heterocycles. The summed E-state index contributed by atoms with van der Waals surface area (Å²) in [5.74, 6) is -0.398. The summed E-state index contributed by atoms with van der Waals surface area (Å²) in [5.41, 5.74) is 1.49. The van der Waals surface area contributed by atoms with E-state index in [-0.39, 0.29) is 17.2 Å². The van der Waals surface area contributed by atoms with Gasteiger partial charge in [0.15, 0.2) is 0 Å². The Morgan fingerprint density at radius 1 is 0.952 bits per heavy atom. The highest BCUT2D eigenvalue weighted by Crippen LogP contribution is 2.25. The first-order valence-electron chi connectivity index (χ1n) is 6.52. The van der Waals surface area contributed by atoms with Gasteiger partial charge in [0, 0.05) is 5.69 Å². The van der Waals surface area contributed by atoms with E-state index in [1.54, 1.807) is 36.4 Å². The van der Waals surface area contributed by atoms with E-state index in [1.807, 2.05) is 24.3 Å². The molecule has 0 saturated carbocycles. The molecule has 0 fully saturated rings. The number of rotatable bonds is 2. The van der Waals surface area contributed by atoms with Crippen LogP contribution in [0.5, 0.6) is 5.75 Å². The highest BCUT2D eigenvalue weighted by molar-refractivity contribution is 6.32. The largest absolute Gasteiger partial charge is 0.507 e. The molecule has 21 heavy (non-hydrogen) atoms. The number of hydrogen-bond donors (Lipinski definition) is 2. The van der Waals surface area contributed by atoms with Crippen LogP contribution in [0.1, 0.15) is 10.4 Å². The molecular weight excluding hydrogens is 261 g/mol. The summed E-state index contributed by atoms with van der Waals surface area (Å²) in [6, 6.07) is 17.7. The Labute approximate surface area is 123 Å². The second kappa shape index (κ2) is 5.33. The van der Waals surface area contributed by atoms with Crippen molar-refractivity contribution in [1.29, 1.82) is 0 Å². The van der Waals surface area contributed by atoms with Crippen LogP contribution in [0.2, 0.25) is 0 Å². The fourth-order valence-corrected chi connectivity index (χ4v) is 2.18. The van der Waals surface area contributed by atoms with E-state index in [2.05, 4.69) is 5.32 Å². The Kier molecular flexibility index (Phi) is 3.36. The Morgan fingerprint density at radius 2 is 1.57 bits per heavy atom. The van der Waals surface area contributed by atoms with Gasteiger partial charge in [0.1, 0.15) is 13.6 Å². The number of carbonyl (C=O) groups is 1. The monoisotopic (exact) mass is 273 g/mol. The molecule has 3 nitrogen and oxygen atoms in total. The summed E-state index contributed by atoms with van der Waals surface area (Å²) < 4.78 is 0. The van der Waals surface area contributed by atoms with Gasteiger partial charge in [-0.05, 0) is 35.0 Å². The number of amides is 1. The molecule has 3 aromatic rings. The normalized spacial score (nSPS) is 10.5. The van der Waals surface area contributed by atoms with Crippen molar-refractivity contribution in [3.8, 4) is 5.75 Å². The third kappa shape index (κ3) is 2.74. The van der Waals surface area contributed by atoms with Crippen molar-refractivity contribution in [2.24, 2.45) is 0 Å². The molecule has 0 saturated heterocycles. The van der Waals surface area contributed by atoms with E-state index in [9.17, 15) is 9.90 Å². The van der Waals surface area contributed by atoms with E-state index in [4.69, 9.17) is 7.85 Å². The van der Waals surface area contributed by atoms with Crippen molar-refractivity contribution in [2.45, 2.75) is 0 Å². The van der Waals surface area contributed by atoms with Crippen LogP contribution >= 0.6 is 0 Å². The van der Waals surface area contributed by atoms with Gasteiger partial charge in [0.25, 0.3) is 5.91 Å². The summed E-state index contributed by atoms with van der Waals surface area (Å²) in [5, 5.41) is 14.5. The van der Waals surface area contributed by atoms with Gasteiger partial charge in [0.05, 0.1) is 5.56 Å². The van der Waals surface area contributed by atoms with Gasteiger partial charge < -0.3 is 10.4 Å². The third-order valence-electron chi connectivity index (χ3n) is 3.28. The predicted octanol–water partition coefficient (Wildman–Crippen LogP) is 2.59. The predicted molar refractivity (Wildman–Crippen MR) is 85.4 cm³/mol. The number of aromatic hydroxyl groups is 1. The van der Waals surface area contributed by atoms with Crippen molar-refractivity contribution in [2.75, 3.05) is 5.32 Å². The molecule has 0 heterocycles. The zero-order valence-corrected chi connectivity index (χ0v) is 11.2. The van der Waals surface area contributed by atoms with Gasteiger partial charge in [-0.25, -0.2) is 0 Å². The van der Waals surface area contributed by atoms with Gasteiger partial charge in [-0.1, -0.05) is 41.9 Å². The van der Waals surface area contributed by atoms with Gasteiger partial charge in [-0.2, -0.15) is 0 Å². The zero-order chi connectivity index (χ0) is 14.8. The van der Waals surface area contributed by atoms with Crippen LogP contribution in [0.4, 0.5) is 5.69 Å². The average molecular weight is 273 g/mol. The van der Waals surface area contributed by atoms with E-state index in [1.165, 1.54) is 0 Å². The molecule has 1 amide bonds. The Bertz CT molecular complexity index is 813. The topological polar surface area (TPSA) is 49.3 Å². The molecule has 0 bridgehead atoms. The maximum atomic E-state index is 12.3. The second-order valence-electron chi connectivity index (χ2n) is 4.79. The van der Waals surface area contributed by atoms with Crippen molar-refractivity contribution >= 4 is 35.7 Å². The van der Waals surface area contributed by atoms with Crippen molar-refractivity contribution in [1.82, 2.24) is 0 Å². The molecular formula is C17H12BNO2. The fraction of sp³-hybridized carbons (Fsp3) is 0. The quantitative estimate of drug-likeness (QED) is 0.705. The lowest BCUT2D eigenvalue weighted by Crippen LogP contribution is -2.13. The molecule has 2 radical (unpaired) electrons. The lowest BCUT2D eigenvalue weighted by Gasteiger charge is -2.09. The summed E-state index contributed by atoms with van der Waals surface area (Å²) in [6.07, 6.45) is 0. The maximum absolute atomic E-state index is 12.3. The molecule has 2 N–H and O–H groups in total. The van der Waals surface area contributed by atoms with E-state index >= 15 is 0 Å². The number of phenols is 1. The summed E-state index contributed by atoms with van der Waals surface area (Å²) in [6.45, 7) is 0. The van der Waals surface area contributed by atoms with Crippen molar-refractivity contribution in [3.63, 3.8) is 0 Å². The van der Waals surface area contributed by atoms with Crippen LogP contribution in [-0.4, -0.2) is 18.9 Å². The van der Waals surface area contributed by atoms with Gasteiger partial charge >= 0.3 is 0 Å². The molecule has 0 aliphatic rings. The first-order valence-corrected chi connectivity index (χ1v) is 6.52. The van der Waals surface area contributed by atoms with Gasteiger partial charge in [-0.15, -0.1) is 0 Å². The standard InChI is InChI=1S/C17H12BNO2/c18-13-5-7-14(8-6-13)19-17(21)15-9-11-3-1-2-4-12(11)10-16(15)20/h1-10,20H,(H,19,21). The minimum atomic E-state index is -0.358. The summed E-state index contributed by atoms with van der Waals surface area (Å²) in [4.78, 5) is 12.3. The second-order valence-corrected chi connectivity index (χ2v) is 4.79. The number of carbonyl (C=O) groups excluding carboxylic acids is 1. The molecule has 0 atom stereocenters. The van der Waals surface area contributed by atoms with E-state index in [0.29, 0.717) is 11.2 Å². The number of phenolic OH excluding ortho intramolecular Hbond substituents is 1. The Morgan fingerprint density at radius 3 is 2.24 bits per heavy atom. The van der Waals surface area contributed by atoms with Crippen molar-refractivity contribution < 1.29 is 9.90 Å². The molecule has 0 aromatic heterocycles. The molecule has 3 rings (SSSR count). The first-order chi connectivity index (χ1) is 10.1. The SMILES string of the molecule is [B]c1ccc(NC(=O)c2cc3ccccc3cc2O)cc1. The van der Waals surface area contributed by atoms with Crippen molar-refractivity contribution in [3.05, 3.63) is 66.2 Å². The van der Waals surface area contributed by atoms with Crippen LogP contribution in [0.25, 0.3) is 10.8 Å². The maximum Gasteiger partial charge on any atom is 0.259 e. The first kappa shape index (κ1) is 13.2.